The van der Waals surface area contributed by atoms with Gasteiger partial charge in [0, 0.05) is 18.7 Å². The second-order valence-electron chi connectivity index (χ2n) is 6.05. The van der Waals surface area contributed by atoms with Crippen molar-refractivity contribution in [2.75, 3.05) is 19.8 Å². The largest absolute Gasteiger partial charge is 0.508 e. The predicted octanol–water partition coefficient (Wildman–Crippen LogP) is 3.02. The average molecular weight is 337 g/mol. The lowest BCUT2D eigenvalue weighted by atomic mass is 10.1. The maximum absolute atomic E-state index is 9.67. The highest BCUT2D eigenvalue weighted by Crippen LogP contribution is 2.27. The number of rotatable bonds is 4. The van der Waals surface area contributed by atoms with Crippen LogP contribution in [-0.4, -0.2) is 39.9 Å². The van der Waals surface area contributed by atoms with Crippen LogP contribution >= 0.6 is 0 Å². The summed E-state index contributed by atoms with van der Waals surface area (Å²) in [4.78, 5) is 6.80. The van der Waals surface area contributed by atoms with Gasteiger partial charge in [-0.05, 0) is 17.7 Å². The first-order valence-corrected chi connectivity index (χ1v) is 8.28. The van der Waals surface area contributed by atoms with Gasteiger partial charge in [-0.15, -0.1) is 0 Å². The molecule has 128 valence electrons. The van der Waals surface area contributed by atoms with Crippen molar-refractivity contribution in [3.8, 4) is 17.1 Å². The van der Waals surface area contributed by atoms with Crippen LogP contribution in [0.25, 0.3) is 11.4 Å². The molecule has 6 heteroatoms. The van der Waals surface area contributed by atoms with Gasteiger partial charge in [0.1, 0.15) is 11.8 Å². The van der Waals surface area contributed by atoms with E-state index in [0.717, 1.165) is 17.7 Å². The molecule has 0 amide bonds. The van der Waals surface area contributed by atoms with Crippen molar-refractivity contribution in [3.63, 3.8) is 0 Å². The van der Waals surface area contributed by atoms with Gasteiger partial charge in [0.05, 0.1) is 13.2 Å². The number of benzene rings is 2. The molecular formula is C19H19N3O3. The molecule has 3 aromatic rings. The minimum absolute atomic E-state index is 0.0962. The van der Waals surface area contributed by atoms with E-state index in [1.54, 1.807) is 12.1 Å². The summed E-state index contributed by atoms with van der Waals surface area (Å²) in [7, 11) is 0. The summed E-state index contributed by atoms with van der Waals surface area (Å²) < 4.78 is 11.1. The molecule has 0 bridgehead atoms. The second-order valence-corrected chi connectivity index (χ2v) is 6.05. The van der Waals surface area contributed by atoms with E-state index in [-0.39, 0.29) is 11.8 Å². The smallest absolute Gasteiger partial charge is 0.246 e. The first-order chi connectivity index (χ1) is 12.3. The summed E-state index contributed by atoms with van der Waals surface area (Å²) in [6.45, 7) is 2.62. The third-order valence-electron chi connectivity index (χ3n) is 4.29. The number of morpholine rings is 1. The normalized spacial score (nSPS) is 18.3. The van der Waals surface area contributed by atoms with Crippen LogP contribution in [0.3, 0.4) is 0 Å². The van der Waals surface area contributed by atoms with Crippen LogP contribution in [0.2, 0.25) is 0 Å². The number of hydrogen-bond donors (Lipinski definition) is 1. The van der Waals surface area contributed by atoms with E-state index in [1.165, 1.54) is 0 Å². The Bertz CT molecular complexity index is 835. The fourth-order valence-corrected chi connectivity index (χ4v) is 3.02. The lowest BCUT2D eigenvalue weighted by Crippen LogP contribution is -2.39. The third kappa shape index (κ3) is 3.55. The lowest BCUT2D eigenvalue weighted by Gasteiger charge is -2.33. The number of nitrogens with zero attached hydrogens (tertiary/aromatic N) is 3. The quantitative estimate of drug-likeness (QED) is 0.789. The molecule has 1 fully saturated rings. The first-order valence-electron chi connectivity index (χ1n) is 8.28. The summed E-state index contributed by atoms with van der Waals surface area (Å²) in [6, 6.07) is 17.0. The Morgan fingerprint density at radius 3 is 2.84 bits per heavy atom. The molecule has 4 rings (SSSR count). The van der Waals surface area contributed by atoms with Gasteiger partial charge in [-0.3, -0.25) is 4.90 Å². The zero-order valence-corrected chi connectivity index (χ0v) is 13.7. The van der Waals surface area contributed by atoms with Gasteiger partial charge >= 0.3 is 0 Å². The fraction of sp³-hybridized carbons (Fsp3) is 0.263. The van der Waals surface area contributed by atoms with Crippen molar-refractivity contribution >= 4 is 0 Å². The molecule has 1 aromatic heterocycles. The van der Waals surface area contributed by atoms with Crippen LogP contribution in [0.1, 0.15) is 17.5 Å². The van der Waals surface area contributed by atoms with E-state index in [9.17, 15) is 5.11 Å². The first kappa shape index (κ1) is 15.8. The number of phenols is 1. The highest BCUT2D eigenvalue weighted by molar-refractivity contribution is 5.53. The van der Waals surface area contributed by atoms with Gasteiger partial charge in [0.25, 0.3) is 0 Å². The lowest BCUT2D eigenvalue weighted by molar-refractivity contribution is -0.0241. The highest BCUT2D eigenvalue weighted by atomic mass is 16.5. The molecule has 0 saturated carbocycles. The summed E-state index contributed by atoms with van der Waals surface area (Å²) in [6.07, 6.45) is 0. The van der Waals surface area contributed by atoms with Crippen LogP contribution in [0.5, 0.6) is 5.75 Å². The SMILES string of the molecule is Oc1cccc(CN2CCOC[C@H]2c2nc(-c3ccccc3)no2)c1. The Balaban J connectivity index is 1.56. The Morgan fingerprint density at radius 1 is 1.12 bits per heavy atom. The third-order valence-corrected chi connectivity index (χ3v) is 4.29. The molecule has 0 spiro atoms. The highest BCUT2D eigenvalue weighted by Gasteiger charge is 2.29. The van der Waals surface area contributed by atoms with E-state index in [4.69, 9.17) is 9.26 Å². The number of aromatic nitrogens is 2. The summed E-state index contributed by atoms with van der Waals surface area (Å²) >= 11 is 0. The Labute approximate surface area is 145 Å². The topological polar surface area (TPSA) is 71.6 Å². The molecule has 25 heavy (non-hydrogen) atoms. The minimum Gasteiger partial charge on any atom is -0.508 e. The number of aromatic hydroxyl groups is 1. The number of hydrogen-bond acceptors (Lipinski definition) is 6. The fourth-order valence-electron chi connectivity index (χ4n) is 3.02. The molecule has 1 N–H and O–H groups in total. The Hall–Kier alpha value is -2.70. The molecule has 1 aliphatic rings. The van der Waals surface area contributed by atoms with Crippen LogP contribution in [0.15, 0.2) is 59.1 Å². The monoisotopic (exact) mass is 337 g/mol. The van der Waals surface area contributed by atoms with Crippen molar-refractivity contribution in [3.05, 3.63) is 66.1 Å². The average Bonchev–Trinajstić information content (AvgIpc) is 3.13. The maximum Gasteiger partial charge on any atom is 0.246 e. The van der Waals surface area contributed by atoms with E-state index >= 15 is 0 Å². The molecule has 0 aliphatic carbocycles. The van der Waals surface area contributed by atoms with Crippen molar-refractivity contribution < 1.29 is 14.4 Å². The van der Waals surface area contributed by atoms with Gasteiger partial charge in [0.15, 0.2) is 0 Å². The van der Waals surface area contributed by atoms with Crippen LogP contribution in [0, 0.1) is 0 Å². The van der Waals surface area contributed by atoms with E-state index in [1.807, 2.05) is 42.5 Å². The molecule has 1 saturated heterocycles. The molecule has 2 heterocycles. The zero-order valence-electron chi connectivity index (χ0n) is 13.7. The van der Waals surface area contributed by atoms with Gasteiger partial charge in [0.2, 0.25) is 11.7 Å². The Morgan fingerprint density at radius 2 is 2.00 bits per heavy atom. The maximum atomic E-state index is 9.67. The second kappa shape index (κ2) is 7.04. The van der Waals surface area contributed by atoms with Crippen molar-refractivity contribution in [1.82, 2.24) is 15.0 Å². The molecule has 0 unspecified atom stereocenters. The summed E-state index contributed by atoms with van der Waals surface area (Å²) in [5.74, 6) is 1.41. The molecule has 2 aromatic carbocycles. The summed E-state index contributed by atoms with van der Waals surface area (Å²) in [5, 5.41) is 13.8. The minimum atomic E-state index is -0.0962. The van der Waals surface area contributed by atoms with Crippen molar-refractivity contribution in [1.29, 1.82) is 0 Å². The summed E-state index contributed by atoms with van der Waals surface area (Å²) in [5.41, 5.74) is 1.96. The van der Waals surface area contributed by atoms with E-state index < -0.39 is 0 Å². The van der Waals surface area contributed by atoms with E-state index in [2.05, 4.69) is 15.0 Å². The van der Waals surface area contributed by atoms with Crippen LogP contribution in [0.4, 0.5) is 0 Å². The molecule has 1 aliphatic heterocycles. The van der Waals surface area contributed by atoms with Crippen LogP contribution < -0.4 is 0 Å². The molecule has 0 radical (unpaired) electrons. The van der Waals surface area contributed by atoms with Crippen molar-refractivity contribution in [2.24, 2.45) is 0 Å². The molecule has 6 nitrogen and oxygen atoms in total. The van der Waals surface area contributed by atoms with Crippen LogP contribution in [-0.2, 0) is 11.3 Å². The van der Waals surface area contributed by atoms with E-state index in [0.29, 0.717) is 31.5 Å². The molecular weight excluding hydrogens is 318 g/mol. The van der Waals surface area contributed by atoms with Gasteiger partial charge in [-0.1, -0.05) is 47.6 Å². The standard InChI is InChI=1S/C19H19N3O3/c23-16-8-4-5-14(11-16)12-22-9-10-24-13-17(22)19-20-18(21-25-19)15-6-2-1-3-7-15/h1-8,11,17,23H,9-10,12-13H2/t17-/m0/s1. The zero-order chi connectivity index (χ0) is 17.1. The Kier molecular flexibility index (Phi) is 4.45. The molecule has 1 atom stereocenters. The number of phenolic OH excluding ortho intramolecular Hbond substituents is 1. The van der Waals surface area contributed by atoms with Gasteiger partial charge < -0.3 is 14.4 Å². The van der Waals surface area contributed by atoms with Gasteiger partial charge in [-0.25, -0.2) is 0 Å². The van der Waals surface area contributed by atoms with Crippen molar-refractivity contribution in [2.45, 2.75) is 12.6 Å². The predicted molar refractivity (Wildman–Crippen MR) is 91.8 cm³/mol. The van der Waals surface area contributed by atoms with Gasteiger partial charge in [-0.2, -0.15) is 4.98 Å². The number of ether oxygens (including phenoxy) is 1.